The van der Waals surface area contributed by atoms with Crippen molar-refractivity contribution < 1.29 is 9.59 Å². The number of nitrogens with two attached hydrogens (primary N) is 1. The molecule has 2 atom stereocenters. The van der Waals surface area contributed by atoms with Crippen molar-refractivity contribution in [2.75, 3.05) is 10.6 Å². The molecular weight excluding hydrogens is 354 g/mol. The number of amides is 2. The van der Waals surface area contributed by atoms with Crippen LogP contribution in [0, 0.1) is 0 Å². The molecule has 4 N–H and O–H groups in total. The van der Waals surface area contributed by atoms with E-state index in [2.05, 4.69) is 15.7 Å². The third kappa shape index (κ3) is 5.57. The maximum Gasteiger partial charge on any atom is 0.248 e. The highest BCUT2D eigenvalue weighted by molar-refractivity contribution is 5.99. The highest BCUT2D eigenvalue weighted by atomic mass is 35.5. The number of nitrogens with one attached hydrogen (secondary N) is 2. The van der Waals surface area contributed by atoms with Gasteiger partial charge in [-0.3, -0.25) is 14.3 Å². The third-order valence-electron chi connectivity index (χ3n) is 3.98. The van der Waals surface area contributed by atoms with Gasteiger partial charge in [-0.25, -0.2) is 0 Å². The van der Waals surface area contributed by atoms with E-state index in [4.69, 9.17) is 5.73 Å². The van der Waals surface area contributed by atoms with E-state index >= 15 is 0 Å². The molecule has 2 amide bonds. The average Bonchev–Trinajstić information content (AvgIpc) is 3.08. The van der Waals surface area contributed by atoms with Gasteiger partial charge in [0.15, 0.2) is 0 Å². The molecule has 0 aliphatic carbocycles. The van der Waals surface area contributed by atoms with Crippen LogP contribution in [0.4, 0.5) is 11.4 Å². The van der Waals surface area contributed by atoms with E-state index in [1.807, 2.05) is 6.92 Å². The Morgan fingerprint density at radius 2 is 1.92 bits per heavy atom. The minimum atomic E-state index is -0.928. The third-order valence-corrected chi connectivity index (χ3v) is 3.98. The second-order valence-corrected chi connectivity index (χ2v) is 6.35. The predicted octanol–water partition coefficient (Wildman–Crippen LogP) is 2.96. The molecule has 2 rings (SSSR count). The molecule has 0 spiro atoms. The van der Waals surface area contributed by atoms with Gasteiger partial charge >= 0.3 is 0 Å². The summed E-state index contributed by atoms with van der Waals surface area (Å²) in [6.07, 6.45) is 4.77. The summed E-state index contributed by atoms with van der Waals surface area (Å²) in [5, 5.41) is 9.70. The van der Waals surface area contributed by atoms with Gasteiger partial charge in [-0.2, -0.15) is 5.10 Å². The summed E-state index contributed by atoms with van der Waals surface area (Å²) in [6.45, 7) is 5.46. The van der Waals surface area contributed by atoms with Crippen molar-refractivity contribution in [3.8, 4) is 0 Å². The first-order chi connectivity index (χ1) is 11.8. The first-order valence-corrected chi connectivity index (χ1v) is 8.34. The highest BCUT2D eigenvalue weighted by Gasteiger charge is 2.27. The SMILES string of the molecule is CCCC(C)(N)C(=O)Nc1cccc(NC(=O)C(C)n2cccn2)c1.Cl. The summed E-state index contributed by atoms with van der Waals surface area (Å²) >= 11 is 0. The Labute approximate surface area is 159 Å². The quantitative estimate of drug-likeness (QED) is 0.688. The van der Waals surface area contributed by atoms with E-state index < -0.39 is 11.6 Å². The van der Waals surface area contributed by atoms with E-state index in [9.17, 15) is 9.59 Å². The number of carbonyl (C=O) groups excluding carboxylic acids is 2. The van der Waals surface area contributed by atoms with E-state index in [-0.39, 0.29) is 24.2 Å². The lowest BCUT2D eigenvalue weighted by Gasteiger charge is -2.23. The molecule has 2 aromatic rings. The molecule has 0 saturated carbocycles. The van der Waals surface area contributed by atoms with Gasteiger partial charge in [0.05, 0.1) is 5.54 Å². The Kier molecular flexibility index (Phi) is 7.79. The molecule has 142 valence electrons. The maximum absolute atomic E-state index is 12.3. The van der Waals surface area contributed by atoms with Gasteiger partial charge in [-0.1, -0.05) is 19.4 Å². The predicted molar refractivity (Wildman–Crippen MR) is 105 cm³/mol. The number of rotatable bonds is 7. The second kappa shape index (κ2) is 9.35. The summed E-state index contributed by atoms with van der Waals surface area (Å²) < 4.78 is 1.57. The van der Waals surface area contributed by atoms with Crippen molar-refractivity contribution in [3.05, 3.63) is 42.7 Å². The van der Waals surface area contributed by atoms with E-state index in [0.717, 1.165) is 6.42 Å². The molecule has 1 aromatic heterocycles. The molecule has 0 radical (unpaired) electrons. The summed E-state index contributed by atoms with van der Waals surface area (Å²) in [4.78, 5) is 24.6. The summed E-state index contributed by atoms with van der Waals surface area (Å²) in [5.74, 6) is -0.440. The fourth-order valence-corrected chi connectivity index (χ4v) is 2.46. The first kappa shape index (κ1) is 21.7. The van der Waals surface area contributed by atoms with Gasteiger partial charge in [-0.15, -0.1) is 12.4 Å². The van der Waals surface area contributed by atoms with Crippen LogP contribution in [-0.4, -0.2) is 27.1 Å². The van der Waals surface area contributed by atoms with Crippen LogP contribution in [0.25, 0.3) is 0 Å². The highest BCUT2D eigenvalue weighted by Crippen LogP contribution is 2.19. The fourth-order valence-electron chi connectivity index (χ4n) is 2.46. The average molecular weight is 380 g/mol. The molecule has 8 heteroatoms. The van der Waals surface area contributed by atoms with Crippen molar-refractivity contribution in [2.45, 2.75) is 45.2 Å². The van der Waals surface area contributed by atoms with E-state index in [1.54, 1.807) is 61.3 Å². The van der Waals surface area contributed by atoms with Crippen molar-refractivity contribution in [1.82, 2.24) is 9.78 Å². The number of halogens is 1. The Bertz CT molecular complexity index is 731. The largest absolute Gasteiger partial charge is 0.324 e. The van der Waals surface area contributed by atoms with Crippen LogP contribution in [0.2, 0.25) is 0 Å². The van der Waals surface area contributed by atoms with E-state index in [1.165, 1.54) is 0 Å². The van der Waals surface area contributed by atoms with E-state index in [0.29, 0.717) is 17.8 Å². The molecule has 1 heterocycles. The van der Waals surface area contributed by atoms with Crippen LogP contribution in [0.3, 0.4) is 0 Å². The minimum Gasteiger partial charge on any atom is -0.324 e. The van der Waals surface area contributed by atoms with Crippen LogP contribution in [0.15, 0.2) is 42.7 Å². The fraction of sp³-hybridized carbons (Fsp3) is 0.389. The summed E-state index contributed by atoms with van der Waals surface area (Å²) in [7, 11) is 0. The molecule has 1 aromatic carbocycles. The van der Waals surface area contributed by atoms with Crippen molar-refractivity contribution >= 4 is 35.6 Å². The van der Waals surface area contributed by atoms with Crippen molar-refractivity contribution in [1.29, 1.82) is 0 Å². The topological polar surface area (TPSA) is 102 Å². The molecule has 0 bridgehead atoms. The molecule has 7 nitrogen and oxygen atoms in total. The zero-order valence-electron chi connectivity index (χ0n) is 15.2. The number of anilines is 2. The molecule has 0 aliphatic heterocycles. The number of nitrogens with zero attached hydrogens (tertiary/aromatic N) is 2. The van der Waals surface area contributed by atoms with Crippen LogP contribution in [0.1, 0.15) is 39.7 Å². The number of benzene rings is 1. The van der Waals surface area contributed by atoms with Gasteiger partial charge < -0.3 is 16.4 Å². The van der Waals surface area contributed by atoms with Gasteiger partial charge in [0.1, 0.15) is 6.04 Å². The van der Waals surface area contributed by atoms with Crippen molar-refractivity contribution in [2.24, 2.45) is 5.73 Å². The van der Waals surface area contributed by atoms with Crippen LogP contribution in [-0.2, 0) is 9.59 Å². The zero-order chi connectivity index (χ0) is 18.4. The van der Waals surface area contributed by atoms with Gasteiger partial charge in [0, 0.05) is 23.8 Å². The molecular formula is C18H26ClN5O2. The molecule has 2 unspecified atom stereocenters. The Hall–Kier alpha value is -2.38. The van der Waals surface area contributed by atoms with Crippen LogP contribution < -0.4 is 16.4 Å². The number of hydrogen-bond acceptors (Lipinski definition) is 4. The Balaban J connectivity index is 0.00000338. The summed E-state index contributed by atoms with van der Waals surface area (Å²) in [5.41, 5.74) is 6.29. The summed E-state index contributed by atoms with van der Waals surface area (Å²) in [6, 6.07) is 8.31. The smallest absolute Gasteiger partial charge is 0.248 e. The molecule has 26 heavy (non-hydrogen) atoms. The Morgan fingerprint density at radius 1 is 1.27 bits per heavy atom. The number of carbonyl (C=O) groups is 2. The Morgan fingerprint density at radius 3 is 2.50 bits per heavy atom. The molecule has 0 fully saturated rings. The lowest BCUT2D eigenvalue weighted by molar-refractivity contribution is -0.121. The second-order valence-electron chi connectivity index (χ2n) is 6.35. The lowest BCUT2D eigenvalue weighted by atomic mass is 9.96. The van der Waals surface area contributed by atoms with Crippen molar-refractivity contribution in [3.63, 3.8) is 0 Å². The van der Waals surface area contributed by atoms with Gasteiger partial charge in [0.2, 0.25) is 11.8 Å². The lowest BCUT2D eigenvalue weighted by Crippen LogP contribution is -2.48. The number of aromatic nitrogens is 2. The minimum absolute atomic E-state index is 0. The maximum atomic E-state index is 12.3. The molecule has 0 saturated heterocycles. The zero-order valence-corrected chi connectivity index (χ0v) is 16.0. The molecule has 0 aliphatic rings. The number of hydrogen-bond donors (Lipinski definition) is 3. The monoisotopic (exact) mass is 379 g/mol. The van der Waals surface area contributed by atoms with Crippen LogP contribution in [0.5, 0.6) is 0 Å². The first-order valence-electron chi connectivity index (χ1n) is 8.34. The van der Waals surface area contributed by atoms with Gasteiger partial charge in [0.25, 0.3) is 0 Å². The normalized spacial score (nSPS) is 13.8. The standard InChI is InChI=1S/C18H25N5O2.ClH/c1-4-9-18(3,19)17(25)22-15-8-5-7-14(12-15)21-16(24)13(2)23-11-6-10-20-23;/h5-8,10-13H,4,9,19H2,1-3H3,(H,21,24)(H,22,25);1H. The van der Waals surface area contributed by atoms with Crippen LogP contribution >= 0.6 is 12.4 Å². The van der Waals surface area contributed by atoms with Gasteiger partial charge in [-0.05, 0) is 44.5 Å².